The molecule has 1 saturated carbocycles. The lowest BCUT2D eigenvalue weighted by Gasteiger charge is -2.36. The van der Waals surface area contributed by atoms with Gasteiger partial charge in [0, 0.05) is 18.9 Å². The number of hydrogen-bond acceptors (Lipinski definition) is 5. The summed E-state index contributed by atoms with van der Waals surface area (Å²) >= 11 is 0. The van der Waals surface area contributed by atoms with E-state index in [-0.39, 0.29) is 24.2 Å². The van der Waals surface area contributed by atoms with Crippen LogP contribution in [0.3, 0.4) is 0 Å². The number of carbonyl (C=O) groups is 3. The highest BCUT2D eigenvalue weighted by Crippen LogP contribution is 2.41. The van der Waals surface area contributed by atoms with Crippen molar-refractivity contribution in [1.82, 2.24) is 10.5 Å². The Morgan fingerprint density at radius 2 is 1.89 bits per heavy atom. The van der Waals surface area contributed by atoms with Gasteiger partial charge in [-0.25, -0.2) is 9.79 Å². The number of nitrogens with one attached hydrogen (secondary N) is 2. The molecule has 1 aliphatic rings. The number of ether oxygens (including phenoxy) is 1. The van der Waals surface area contributed by atoms with E-state index in [9.17, 15) is 19.5 Å². The number of nitrogens with two attached hydrogens (primary N) is 2. The molecule has 10 nitrogen and oxygen atoms in total. The summed E-state index contributed by atoms with van der Waals surface area (Å²) in [7, 11) is 5.09. The lowest BCUT2D eigenvalue weighted by atomic mass is 9.80. The molecule has 11 heteroatoms. The monoisotopic (exact) mass is 381 g/mol. The van der Waals surface area contributed by atoms with Gasteiger partial charge in [-0.05, 0) is 12.3 Å². The molecule has 0 aliphatic heterocycles. The van der Waals surface area contributed by atoms with E-state index in [2.05, 4.69) is 10.3 Å². The van der Waals surface area contributed by atoms with E-state index in [0.717, 1.165) is 12.8 Å². The highest BCUT2D eigenvalue weighted by atomic mass is 16.6. The third-order valence-electron chi connectivity index (χ3n) is 5.05. The van der Waals surface area contributed by atoms with Gasteiger partial charge in [-0.15, -0.1) is 0 Å². The number of hydrogen-bond donors (Lipinski definition) is 5. The molecule has 0 heterocycles. The van der Waals surface area contributed by atoms with Crippen LogP contribution in [0.2, 0.25) is 0 Å². The molecule has 0 aromatic rings. The van der Waals surface area contributed by atoms with Crippen LogP contribution in [-0.2, 0) is 14.3 Å². The SMILES string of the molecule is [B]NC(=O)O[C@H]1[C@@H]([C@H](NC(C)=O)C(CC)CC)[C@H](N=C(N)N)C[C@@H]1C(=O)O. The Balaban J connectivity index is 3.44. The Labute approximate surface area is 159 Å². The third-order valence-corrected chi connectivity index (χ3v) is 5.05. The minimum absolute atomic E-state index is 0.00943. The minimum atomic E-state index is -1.14. The average Bonchev–Trinajstić information content (AvgIpc) is 2.91. The van der Waals surface area contributed by atoms with Crippen molar-refractivity contribution >= 4 is 31.9 Å². The second-order valence-corrected chi connectivity index (χ2v) is 6.70. The maximum Gasteiger partial charge on any atom is 0.394 e. The van der Waals surface area contributed by atoms with Crippen molar-refractivity contribution in [2.75, 3.05) is 0 Å². The second-order valence-electron chi connectivity index (χ2n) is 6.70. The Morgan fingerprint density at radius 1 is 1.30 bits per heavy atom. The summed E-state index contributed by atoms with van der Waals surface area (Å²) in [6.07, 6.45) is -0.513. The fraction of sp³-hybridized carbons (Fsp3) is 0.750. The van der Waals surface area contributed by atoms with Crippen molar-refractivity contribution in [1.29, 1.82) is 0 Å². The van der Waals surface area contributed by atoms with E-state index in [1.807, 2.05) is 19.1 Å². The lowest BCUT2D eigenvalue weighted by molar-refractivity contribution is -0.145. The molecule has 0 aromatic carbocycles. The highest BCUT2D eigenvalue weighted by Gasteiger charge is 2.53. The van der Waals surface area contributed by atoms with E-state index in [0.29, 0.717) is 0 Å². The molecular weight excluding hydrogens is 353 g/mol. The van der Waals surface area contributed by atoms with Crippen LogP contribution in [0.4, 0.5) is 4.79 Å². The molecule has 0 saturated heterocycles. The van der Waals surface area contributed by atoms with E-state index in [1.54, 1.807) is 0 Å². The molecule has 0 aromatic heterocycles. The van der Waals surface area contributed by atoms with Gasteiger partial charge in [-0.3, -0.25) is 9.59 Å². The van der Waals surface area contributed by atoms with Gasteiger partial charge in [-0.2, -0.15) is 0 Å². The summed E-state index contributed by atoms with van der Waals surface area (Å²) in [5, 5.41) is 14.3. The fourth-order valence-corrected chi connectivity index (χ4v) is 3.93. The van der Waals surface area contributed by atoms with Crippen LogP contribution < -0.4 is 22.0 Å². The maximum absolute atomic E-state index is 11.8. The van der Waals surface area contributed by atoms with Crippen molar-refractivity contribution in [2.45, 2.75) is 58.2 Å². The summed E-state index contributed by atoms with van der Waals surface area (Å²) in [5.74, 6) is -3.28. The number of aliphatic carboxylic acids is 1. The fourth-order valence-electron chi connectivity index (χ4n) is 3.93. The van der Waals surface area contributed by atoms with Crippen molar-refractivity contribution < 1.29 is 24.2 Å². The topological polar surface area (TPSA) is 169 Å². The van der Waals surface area contributed by atoms with Crippen LogP contribution in [0, 0.1) is 17.8 Å². The summed E-state index contributed by atoms with van der Waals surface area (Å²) in [4.78, 5) is 39.5. The first-order chi connectivity index (χ1) is 12.7. The predicted octanol–water partition coefficient (Wildman–Crippen LogP) is -0.532. The maximum atomic E-state index is 11.8. The van der Waals surface area contributed by atoms with Gasteiger partial charge >= 0.3 is 12.1 Å². The molecule has 27 heavy (non-hydrogen) atoms. The quantitative estimate of drug-likeness (QED) is 0.214. The summed E-state index contributed by atoms with van der Waals surface area (Å²) in [6, 6.07) is -1.12. The van der Waals surface area contributed by atoms with Crippen molar-refractivity contribution in [2.24, 2.45) is 34.2 Å². The zero-order valence-corrected chi connectivity index (χ0v) is 15.8. The van der Waals surface area contributed by atoms with E-state index in [1.165, 1.54) is 6.92 Å². The zero-order chi connectivity index (χ0) is 20.7. The van der Waals surface area contributed by atoms with Gasteiger partial charge in [-0.1, -0.05) is 26.7 Å². The van der Waals surface area contributed by atoms with Crippen LogP contribution in [0.25, 0.3) is 0 Å². The average molecular weight is 381 g/mol. The van der Waals surface area contributed by atoms with Gasteiger partial charge < -0.3 is 31.9 Å². The molecule has 2 radical (unpaired) electrons. The van der Waals surface area contributed by atoms with Gasteiger partial charge in [0.25, 0.3) is 0 Å². The lowest BCUT2D eigenvalue weighted by Crippen LogP contribution is -2.52. The number of aliphatic imine (C=N–C) groups is 1. The van der Waals surface area contributed by atoms with Gasteiger partial charge in [0.2, 0.25) is 13.9 Å². The molecule has 1 fully saturated rings. The molecule has 0 unspecified atom stereocenters. The van der Waals surface area contributed by atoms with Crippen LogP contribution in [-0.4, -0.2) is 55.2 Å². The number of carboxylic acid groups (broad SMARTS) is 1. The smallest absolute Gasteiger partial charge is 0.394 e. The number of rotatable bonds is 8. The Bertz CT molecular complexity index is 580. The number of carboxylic acids is 1. The molecule has 5 atom stereocenters. The molecule has 0 bridgehead atoms. The third kappa shape index (κ3) is 5.76. The van der Waals surface area contributed by atoms with Crippen molar-refractivity contribution in [3.8, 4) is 0 Å². The molecule has 7 N–H and O–H groups in total. The first-order valence-corrected chi connectivity index (χ1v) is 8.91. The molecule has 150 valence electrons. The molecule has 0 spiro atoms. The zero-order valence-electron chi connectivity index (χ0n) is 15.8. The molecular formula is C16H28BN5O5. The van der Waals surface area contributed by atoms with Crippen molar-refractivity contribution in [3.63, 3.8) is 0 Å². The van der Waals surface area contributed by atoms with E-state index < -0.39 is 42.1 Å². The summed E-state index contributed by atoms with van der Waals surface area (Å²) in [5.41, 5.74) is 11.0. The molecule has 1 aliphatic carbocycles. The minimum Gasteiger partial charge on any atom is -0.481 e. The summed E-state index contributed by atoms with van der Waals surface area (Å²) < 4.78 is 5.30. The molecule has 2 amide bonds. The van der Waals surface area contributed by atoms with Crippen LogP contribution in [0.15, 0.2) is 4.99 Å². The summed E-state index contributed by atoms with van der Waals surface area (Å²) in [6.45, 7) is 5.30. The van der Waals surface area contributed by atoms with E-state index >= 15 is 0 Å². The van der Waals surface area contributed by atoms with Crippen LogP contribution >= 0.6 is 0 Å². The highest BCUT2D eigenvalue weighted by molar-refractivity contribution is 6.12. The number of amides is 2. The largest absolute Gasteiger partial charge is 0.481 e. The Kier molecular flexibility index (Phi) is 8.39. The van der Waals surface area contributed by atoms with Gasteiger partial charge in [0.1, 0.15) is 6.10 Å². The Hall–Kier alpha value is -2.46. The molecule has 1 rings (SSSR count). The second kappa shape index (κ2) is 10.0. The van der Waals surface area contributed by atoms with E-state index in [4.69, 9.17) is 24.2 Å². The van der Waals surface area contributed by atoms with Crippen LogP contribution in [0.5, 0.6) is 0 Å². The number of nitrogens with zero attached hydrogens (tertiary/aromatic N) is 1. The standard InChI is InChI=1S/C16H28BN5O5/c1-4-8(5-2)12(20-7(3)23)11-10(21-15(18)19)6-9(14(24)25)13(11)27-16(26)22-17/h8-13H,4-6H2,1-3H3,(H,20,23)(H,22,26)(H,24,25)(H4,18,19,21)/t9-,10+,11+,12+,13+/m0/s1. The van der Waals surface area contributed by atoms with Gasteiger partial charge in [0.05, 0.1) is 12.0 Å². The number of carbonyl (C=O) groups excluding carboxylic acids is 2. The normalized spacial score (nSPS) is 25.5. The van der Waals surface area contributed by atoms with Gasteiger partial charge in [0.15, 0.2) is 5.96 Å². The first-order valence-electron chi connectivity index (χ1n) is 8.91. The predicted molar refractivity (Wildman–Crippen MR) is 99.7 cm³/mol. The van der Waals surface area contributed by atoms with Crippen LogP contribution in [0.1, 0.15) is 40.0 Å². The van der Waals surface area contributed by atoms with Crippen molar-refractivity contribution in [3.05, 3.63) is 0 Å². The Morgan fingerprint density at radius 3 is 2.30 bits per heavy atom. The number of guanidine groups is 1. The first kappa shape index (κ1) is 22.6.